The monoisotopic (exact) mass is 994 g/mol. The van der Waals surface area contributed by atoms with Crippen molar-refractivity contribution in [3.8, 4) is 33.4 Å². The van der Waals surface area contributed by atoms with E-state index in [-0.39, 0.29) is 5.78 Å². The number of hydrogen-bond donors (Lipinski definition) is 0. The van der Waals surface area contributed by atoms with Crippen molar-refractivity contribution in [1.29, 1.82) is 0 Å². The number of benzene rings is 12. The Kier molecular flexibility index (Phi) is 10.5. The van der Waals surface area contributed by atoms with Crippen LogP contribution in [0.3, 0.4) is 0 Å². The van der Waals surface area contributed by atoms with Gasteiger partial charge in [-0.25, -0.2) is 0 Å². The predicted octanol–water partition coefficient (Wildman–Crippen LogP) is 18.6. The standard InChI is InChI=1S/C75H50N2O/c78-73(52-38-48-66-64-32-16-20-36-70(64)75(72(66)50-52)68-34-18-14-29-61(68)62-30-15-19-35-69(62)75)51-37-47-65-63-31-13-17-33-67(63)74(71(65)49-51,53-39-43-59(44-40-53)76(55-21-5-1-6-22-55)56-23-7-2-8-24-56)54-41-45-60(46-42-54)77(57-25-9-3-10-26-57)58-27-11-4-12-28-58/h1-50H. The van der Waals surface area contributed by atoms with Gasteiger partial charge in [0.2, 0.25) is 0 Å². The van der Waals surface area contributed by atoms with Crippen LogP contribution in [0.1, 0.15) is 60.4 Å². The molecule has 0 aliphatic heterocycles. The molecule has 3 aliphatic carbocycles. The molecule has 0 aromatic heterocycles. The largest absolute Gasteiger partial charge is 0.311 e. The molecule has 0 bridgehead atoms. The molecule has 0 fully saturated rings. The van der Waals surface area contributed by atoms with Gasteiger partial charge in [0.05, 0.1) is 10.8 Å². The number of carbonyl (C=O) groups is 1. The lowest BCUT2D eigenvalue weighted by molar-refractivity contribution is 0.103. The maximum absolute atomic E-state index is 15.7. The van der Waals surface area contributed by atoms with Crippen molar-refractivity contribution in [3.63, 3.8) is 0 Å². The van der Waals surface area contributed by atoms with Crippen LogP contribution in [0.4, 0.5) is 34.1 Å². The second-order valence-electron chi connectivity index (χ2n) is 20.6. The van der Waals surface area contributed by atoms with Crippen LogP contribution in [-0.2, 0) is 10.8 Å². The highest BCUT2D eigenvalue weighted by Gasteiger charge is 2.52. The number of anilines is 6. The molecule has 3 aliphatic rings. The Labute approximate surface area is 455 Å². The SMILES string of the molecule is O=C(c1ccc2c(c1)C(c1ccc(N(c3ccccc3)c3ccccc3)cc1)(c1ccc(N(c3ccccc3)c3ccccc3)cc1)c1ccccc1-2)c1ccc2c(c1)C1(c3ccccc3-c3ccccc31)c1ccccc1-2. The lowest BCUT2D eigenvalue weighted by Crippen LogP contribution is -2.29. The van der Waals surface area contributed by atoms with Gasteiger partial charge in [-0.2, -0.15) is 0 Å². The molecular weight excluding hydrogens is 945 g/mol. The third-order valence-electron chi connectivity index (χ3n) is 16.7. The highest BCUT2D eigenvalue weighted by atomic mass is 16.1. The van der Waals surface area contributed by atoms with Crippen LogP contribution in [0, 0.1) is 0 Å². The molecule has 0 atom stereocenters. The smallest absolute Gasteiger partial charge is 0.193 e. The molecule has 0 heterocycles. The average Bonchev–Trinajstić information content (AvgIpc) is 3.37. The van der Waals surface area contributed by atoms with Gasteiger partial charge in [-0.3, -0.25) is 4.79 Å². The number of nitrogens with zero attached hydrogens (tertiary/aromatic N) is 2. The number of para-hydroxylation sites is 4. The van der Waals surface area contributed by atoms with Crippen molar-refractivity contribution in [2.75, 3.05) is 9.80 Å². The van der Waals surface area contributed by atoms with E-state index < -0.39 is 10.8 Å². The predicted molar refractivity (Wildman–Crippen MR) is 319 cm³/mol. The fourth-order valence-corrected chi connectivity index (χ4v) is 13.5. The molecule has 12 aromatic carbocycles. The van der Waals surface area contributed by atoms with E-state index in [9.17, 15) is 0 Å². The molecule has 3 nitrogen and oxygen atoms in total. The van der Waals surface area contributed by atoms with Gasteiger partial charge in [0.15, 0.2) is 5.78 Å². The van der Waals surface area contributed by atoms with Gasteiger partial charge >= 0.3 is 0 Å². The number of fused-ring (bicyclic) bond motifs is 13. The second kappa shape index (κ2) is 18.0. The first-order valence-electron chi connectivity index (χ1n) is 26.9. The fraction of sp³-hybridized carbons (Fsp3) is 0.0267. The Morgan fingerprint density at radius 2 is 0.487 bits per heavy atom. The van der Waals surface area contributed by atoms with E-state index in [1.54, 1.807) is 0 Å². The van der Waals surface area contributed by atoms with E-state index in [1.165, 1.54) is 44.5 Å². The normalized spacial score (nSPS) is 13.4. The summed E-state index contributed by atoms with van der Waals surface area (Å²) in [5.74, 6) is -0.00967. The van der Waals surface area contributed by atoms with E-state index in [0.717, 1.165) is 67.5 Å². The summed E-state index contributed by atoms with van der Waals surface area (Å²) in [5.41, 5.74) is 22.8. The van der Waals surface area contributed by atoms with Gasteiger partial charge in [0.1, 0.15) is 0 Å². The maximum Gasteiger partial charge on any atom is 0.193 e. The Balaban J connectivity index is 0.916. The van der Waals surface area contributed by atoms with Crippen LogP contribution in [-0.4, -0.2) is 5.78 Å². The van der Waals surface area contributed by atoms with E-state index in [4.69, 9.17) is 0 Å². The van der Waals surface area contributed by atoms with Gasteiger partial charge in [-0.1, -0.05) is 218 Å². The summed E-state index contributed by atoms with van der Waals surface area (Å²) in [5, 5.41) is 0. The first kappa shape index (κ1) is 45.3. The lowest BCUT2D eigenvalue weighted by atomic mass is 9.67. The minimum absolute atomic E-state index is 0.00967. The summed E-state index contributed by atoms with van der Waals surface area (Å²) >= 11 is 0. The van der Waals surface area contributed by atoms with Crippen LogP contribution >= 0.6 is 0 Å². The van der Waals surface area contributed by atoms with Crippen LogP contribution in [0.15, 0.2) is 303 Å². The fourth-order valence-electron chi connectivity index (χ4n) is 13.5. The molecule has 78 heavy (non-hydrogen) atoms. The third-order valence-corrected chi connectivity index (χ3v) is 16.7. The first-order chi connectivity index (χ1) is 38.6. The summed E-state index contributed by atoms with van der Waals surface area (Å²) in [6, 6.07) is 109. The summed E-state index contributed by atoms with van der Waals surface area (Å²) in [6.45, 7) is 0. The third kappa shape index (κ3) is 6.68. The minimum Gasteiger partial charge on any atom is -0.311 e. The highest BCUT2D eigenvalue weighted by molar-refractivity contribution is 6.11. The summed E-state index contributed by atoms with van der Waals surface area (Å²) < 4.78 is 0. The molecule has 3 heteroatoms. The quantitative estimate of drug-likeness (QED) is 0.128. The Bertz CT molecular complexity index is 4000. The van der Waals surface area contributed by atoms with Crippen molar-refractivity contribution >= 4 is 39.9 Å². The van der Waals surface area contributed by atoms with Gasteiger partial charge in [0, 0.05) is 45.3 Å². The average molecular weight is 995 g/mol. The van der Waals surface area contributed by atoms with Crippen molar-refractivity contribution in [2.45, 2.75) is 10.8 Å². The summed E-state index contributed by atoms with van der Waals surface area (Å²) in [6.07, 6.45) is 0. The van der Waals surface area contributed by atoms with Crippen LogP contribution in [0.2, 0.25) is 0 Å². The Morgan fingerprint density at radius 1 is 0.231 bits per heavy atom. The zero-order valence-electron chi connectivity index (χ0n) is 42.7. The van der Waals surface area contributed by atoms with Crippen LogP contribution in [0.5, 0.6) is 0 Å². The highest BCUT2D eigenvalue weighted by Crippen LogP contribution is 2.63. The number of hydrogen-bond acceptors (Lipinski definition) is 3. The van der Waals surface area contributed by atoms with E-state index >= 15 is 4.79 Å². The lowest BCUT2D eigenvalue weighted by Gasteiger charge is -2.35. The van der Waals surface area contributed by atoms with Crippen molar-refractivity contribution in [3.05, 3.63) is 359 Å². The zero-order chi connectivity index (χ0) is 51.8. The van der Waals surface area contributed by atoms with Gasteiger partial charge in [0.25, 0.3) is 0 Å². The molecular formula is C75H50N2O. The molecule has 1 spiro atoms. The topological polar surface area (TPSA) is 23.6 Å². The molecule has 0 saturated carbocycles. The Morgan fingerprint density at radius 3 is 0.821 bits per heavy atom. The first-order valence-corrected chi connectivity index (χ1v) is 26.9. The molecule has 366 valence electrons. The molecule has 0 unspecified atom stereocenters. The minimum atomic E-state index is -0.811. The van der Waals surface area contributed by atoms with Crippen molar-refractivity contribution in [2.24, 2.45) is 0 Å². The van der Waals surface area contributed by atoms with E-state index in [2.05, 4.69) is 301 Å². The van der Waals surface area contributed by atoms with Gasteiger partial charge < -0.3 is 9.80 Å². The molecule has 15 rings (SSSR count). The Hall–Kier alpha value is -10.1. The second-order valence-corrected chi connectivity index (χ2v) is 20.6. The van der Waals surface area contributed by atoms with Crippen LogP contribution in [0.25, 0.3) is 33.4 Å². The molecule has 0 radical (unpaired) electrons. The summed E-state index contributed by atoms with van der Waals surface area (Å²) in [7, 11) is 0. The van der Waals surface area contributed by atoms with Crippen LogP contribution < -0.4 is 9.80 Å². The molecule has 0 amide bonds. The number of carbonyl (C=O) groups excluding carboxylic acids is 1. The maximum atomic E-state index is 15.7. The number of ketones is 1. The molecule has 0 N–H and O–H groups in total. The van der Waals surface area contributed by atoms with E-state index in [1.807, 2.05) is 12.1 Å². The van der Waals surface area contributed by atoms with Gasteiger partial charge in [-0.05, 0) is 163 Å². The summed E-state index contributed by atoms with van der Waals surface area (Å²) in [4.78, 5) is 20.4. The van der Waals surface area contributed by atoms with Gasteiger partial charge in [-0.15, -0.1) is 0 Å². The zero-order valence-corrected chi connectivity index (χ0v) is 42.7. The molecule has 0 saturated heterocycles. The van der Waals surface area contributed by atoms with Crippen molar-refractivity contribution in [1.82, 2.24) is 0 Å². The number of rotatable bonds is 10. The van der Waals surface area contributed by atoms with Crippen molar-refractivity contribution < 1.29 is 4.79 Å². The van der Waals surface area contributed by atoms with E-state index in [0.29, 0.717) is 11.1 Å². The molecule has 12 aromatic rings.